The van der Waals surface area contributed by atoms with E-state index in [1.807, 2.05) is 18.2 Å². The zero-order chi connectivity index (χ0) is 79.2. The Morgan fingerprint density at radius 1 is 0.293 bits per heavy atom. The Morgan fingerprint density at radius 2 is 0.612 bits per heavy atom. The standard InChI is InChI=1S/C88H58N16O12/c105-63-31-9-5-24-55(63)85(109)101-89-45-49-20-1-13-35-67(49)113-53-42-43-54-62(44-53)81-93-77(54)95-82-76-61(30-19-41-73(76)116-70-38-16-4-23-52(70)48-92-104-88(112)58-27-8-12-34-66(58)108)80(98-82)99-83-74-59(28-17-39-71(74)114-68-36-14-2-21-50(68)46-90-102-86(110)56-25-6-10-32-64(56)106)78(96-83)94-79-60-29-18-40-72(75(60)84(97-79)100-81)115-69-37-15-3-22-51(69)47-91-103-87(111)57-26-7-11-33-65(57)107/h1-48,105-108H,(H,101,109)(H,102,110)(H,103,111)(H,104,112)(H2,93,94,95,96,97,98,99,100)/b89-45+,90-46+,91-47-,92-48+. The van der Waals surface area contributed by atoms with E-state index in [9.17, 15) is 39.6 Å². The van der Waals surface area contributed by atoms with Crippen molar-refractivity contribution in [3.05, 3.63) is 311 Å². The van der Waals surface area contributed by atoms with Gasteiger partial charge >= 0.3 is 0 Å². The van der Waals surface area contributed by atoms with Crippen molar-refractivity contribution < 1.29 is 58.6 Å². The van der Waals surface area contributed by atoms with Gasteiger partial charge in [0, 0.05) is 49.7 Å². The number of hydrazone groups is 4. The van der Waals surface area contributed by atoms with E-state index in [4.69, 9.17) is 48.9 Å². The number of H-pyrrole nitrogens is 2. The smallest absolute Gasteiger partial charge is 0.275 e. The molecule has 0 aliphatic carbocycles. The molecule has 0 saturated carbocycles. The fraction of sp³-hybridized carbons (Fsp3) is 0. The average molecular weight is 1530 g/mol. The number of nitrogens with zero attached hydrogens (tertiary/aromatic N) is 10. The highest BCUT2D eigenvalue weighted by molar-refractivity contribution is 6.11. The third-order valence-corrected chi connectivity index (χ3v) is 18.4. The minimum Gasteiger partial charge on any atom is -0.507 e. The van der Waals surface area contributed by atoms with Crippen LogP contribution in [0.2, 0.25) is 0 Å². The third-order valence-electron chi connectivity index (χ3n) is 18.4. The van der Waals surface area contributed by atoms with E-state index in [2.05, 4.69) is 52.1 Å². The predicted molar refractivity (Wildman–Crippen MR) is 435 cm³/mol. The topological polar surface area (TPSA) is 393 Å². The van der Waals surface area contributed by atoms with Crippen molar-refractivity contribution in [2.75, 3.05) is 0 Å². The summed E-state index contributed by atoms with van der Waals surface area (Å²) < 4.78 is 27.5. The molecular weight excluding hydrogens is 1470 g/mol. The van der Waals surface area contributed by atoms with Crippen molar-refractivity contribution in [3.8, 4) is 115 Å². The molecule has 4 amide bonds. The van der Waals surface area contributed by atoms with Gasteiger partial charge < -0.3 is 49.3 Å². The Labute approximate surface area is 655 Å². The molecule has 10 N–H and O–H groups in total. The van der Waals surface area contributed by atoms with Gasteiger partial charge in [0.2, 0.25) is 0 Å². The molecule has 0 spiro atoms. The van der Waals surface area contributed by atoms with E-state index in [0.717, 1.165) is 0 Å². The fourth-order valence-electron chi connectivity index (χ4n) is 12.9. The number of phenolic OH excluding ortho intramolecular Hbond substituents is 4. The van der Waals surface area contributed by atoms with Crippen LogP contribution in [0.1, 0.15) is 63.7 Å². The minimum atomic E-state index is -0.646. The van der Waals surface area contributed by atoms with Gasteiger partial charge in [0.05, 0.1) is 63.4 Å². The molecule has 17 rings (SSSR count). The molecule has 0 saturated heterocycles. The molecule has 116 heavy (non-hydrogen) atoms. The first-order chi connectivity index (χ1) is 56.8. The van der Waals surface area contributed by atoms with Gasteiger partial charge in [0.25, 0.3) is 23.6 Å². The molecule has 28 heteroatoms. The zero-order valence-corrected chi connectivity index (χ0v) is 60.2. The van der Waals surface area contributed by atoms with Gasteiger partial charge in [-0.3, -0.25) is 19.2 Å². The van der Waals surface area contributed by atoms with E-state index < -0.39 is 23.6 Å². The maximum Gasteiger partial charge on any atom is 0.275 e. The molecule has 2 aliphatic rings. The van der Waals surface area contributed by atoms with Crippen LogP contribution in [0.15, 0.2) is 287 Å². The molecule has 0 radical (unpaired) electrons. The van der Waals surface area contributed by atoms with Crippen molar-refractivity contribution in [2.24, 2.45) is 20.4 Å². The second-order valence-electron chi connectivity index (χ2n) is 25.8. The van der Waals surface area contributed by atoms with Gasteiger partial charge in [0.15, 0.2) is 23.3 Å². The van der Waals surface area contributed by atoms with Gasteiger partial charge in [-0.1, -0.05) is 133 Å². The van der Waals surface area contributed by atoms with Crippen molar-refractivity contribution in [1.82, 2.24) is 61.6 Å². The van der Waals surface area contributed by atoms with Crippen LogP contribution in [-0.4, -0.2) is 109 Å². The summed E-state index contributed by atoms with van der Waals surface area (Å²) in [7, 11) is 0. The van der Waals surface area contributed by atoms with E-state index in [0.29, 0.717) is 94.8 Å². The number of phenols is 4. The van der Waals surface area contributed by atoms with Gasteiger partial charge in [0.1, 0.15) is 91.6 Å². The van der Waals surface area contributed by atoms with E-state index in [-0.39, 0.29) is 108 Å². The summed E-state index contributed by atoms with van der Waals surface area (Å²) in [5.74, 6) is -0.377. The number of nitrogens with one attached hydrogen (secondary N) is 6. The van der Waals surface area contributed by atoms with Crippen molar-refractivity contribution >= 4 is 92.6 Å². The Morgan fingerprint density at radius 3 is 1.03 bits per heavy atom. The Balaban J connectivity index is 0.848. The van der Waals surface area contributed by atoms with Crippen molar-refractivity contribution in [2.45, 2.75) is 0 Å². The number of amides is 4. The first-order valence-corrected chi connectivity index (χ1v) is 35.7. The molecule has 0 unspecified atom stereocenters. The number of benzene rings is 12. The number of rotatable bonds is 20. The lowest BCUT2D eigenvalue weighted by Gasteiger charge is -2.12. The molecule has 12 aromatic carbocycles. The molecule has 5 heterocycles. The van der Waals surface area contributed by atoms with Crippen LogP contribution in [0.25, 0.3) is 89.7 Å². The van der Waals surface area contributed by atoms with Crippen LogP contribution in [0.3, 0.4) is 0 Å². The third kappa shape index (κ3) is 14.8. The number of hydrogen-bond donors (Lipinski definition) is 10. The Hall–Kier alpha value is -17.0. The highest BCUT2D eigenvalue weighted by atomic mass is 16.5. The summed E-state index contributed by atoms with van der Waals surface area (Å²) in [6, 6.07) is 74.0. The van der Waals surface area contributed by atoms with E-state index >= 15 is 0 Å². The predicted octanol–water partition coefficient (Wildman–Crippen LogP) is 15.9. The Bertz CT molecular complexity index is 6690. The first-order valence-electron chi connectivity index (χ1n) is 35.7. The number of ether oxygens (including phenoxy) is 4. The first kappa shape index (κ1) is 71.9. The number of carbonyl (C=O) groups is 4. The van der Waals surface area contributed by atoms with Crippen LogP contribution in [0, 0.1) is 0 Å². The molecule has 0 atom stereocenters. The van der Waals surface area contributed by atoms with E-state index in [1.54, 1.807) is 200 Å². The normalized spacial score (nSPS) is 11.6. The SMILES string of the molecule is O=C(N/N=C\c1ccccc1Oc1cccc2c3nc4nc(nc5[nH]c(nc6nc(nc([nH]3)c12)-c1cc(Oc2ccccc2/C=N/NC(=O)c2ccccc2O)ccc1-6)c1c(Oc2ccccc2/C=N/NC(=O)c2ccccc2O)cccc51)-c1c(Oc2ccccc2/C=N/NC(=O)c2ccccc2O)cccc1-4)c1ccccc1O. The summed E-state index contributed by atoms with van der Waals surface area (Å²) in [4.78, 5) is 91.9. The van der Waals surface area contributed by atoms with Crippen LogP contribution in [0.5, 0.6) is 69.0 Å². The lowest BCUT2D eigenvalue weighted by molar-refractivity contribution is 0.0944. The highest BCUT2D eigenvalue weighted by Crippen LogP contribution is 2.46. The van der Waals surface area contributed by atoms with Crippen LogP contribution < -0.4 is 40.7 Å². The minimum absolute atomic E-state index is 0.0204. The number of aromatic nitrogens is 8. The summed E-state index contributed by atoms with van der Waals surface area (Å²) in [5.41, 5.74) is 14.6. The number of aromatic hydroxyl groups is 4. The monoisotopic (exact) mass is 1530 g/mol. The molecule has 28 nitrogen and oxygen atoms in total. The lowest BCUT2D eigenvalue weighted by Crippen LogP contribution is -2.17. The van der Waals surface area contributed by atoms with Crippen LogP contribution >= 0.6 is 0 Å². The molecular formula is C88H58N16O12. The van der Waals surface area contributed by atoms with Gasteiger partial charge in [-0.05, 0) is 133 Å². The van der Waals surface area contributed by atoms with Gasteiger partial charge in [-0.15, -0.1) is 0 Å². The van der Waals surface area contributed by atoms with Crippen LogP contribution in [-0.2, 0) is 0 Å². The average Bonchev–Trinajstić information content (AvgIpc) is 1.59. The number of para-hydroxylation sites is 8. The van der Waals surface area contributed by atoms with Gasteiger partial charge in [-0.25, -0.2) is 51.6 Å². The second-order valence-corrected chi connectivity index (χ2v) is 25.8. The largest absolute Gasteiger partial charge is 0.507 e. The number of carbonyl (C=O) groups excluding carboxylic acids is 4. The van der Waals surface area contributed by atoms with Crippen LogP contribution in [0.4, 0.5) is 0 Å². The maximum atomic E-state index is 13.2. The van der Waals surface area contributed by atoms with Gasteiger partial charge in [-0.2, -0.15) is 20.4 Å². The zero-order valence-electron chi connectivity index (χ0n) is 60.2. The fourth-order valence-corrected chi connectivity index (χ4v) is 12.9. The summed E-state index contributed by atoms with van der Waals surface area (Å²) in [5, 5.41) is 60.5. The lowest BCUT2D eigenvalue weighted by atomic mass is 10.1. The highest BCUT2D eigenvalue weighted by Gasteiger charge is 2.28. The molecule has 562 valence electrons. The number of hydrogen-bond acceptors (Lipinski definition) is 22. The van der Waals surface area contributed by atoms with Crippen molar-refractivity contribution in [1.29, 1.82) is 0 Å². The molecule has 15 aromatic rings. The molecule has 2 aliphatic heterocycles. The van der Waals surface area contributed by atoms with E-state index in [1.165, 1.54) is 73.4 Å². The van der Waals surface area contributed by atoms with Crippen molar-refractivity contribution in [3.63, 3.8) is 0 Å². The number of aromatic amines is 2. The quantitative estimate of drug-likeness (QED) is 0.0250. The molecule has 0 fully saturated rings. The summed E-state index contributed by atoms with van der Waals surface area (Å²) >= 11 is 0. The summed E-state index contributed by atoms with van der Waals surface area (Å²) in [6.45, 7) is 0. The second kappa shape index (κ2) is 31.5. The molecule has 3 aromatic heterocycles. The number of fused-ring (bicyclic) bond motifs is 20. The molecule has 8 bridgehead atoms. The maximum absolute atomic E-state index is 13.2. The summed E-state index contributed by atoms with van der Waals surface area (Å²) in [6.07, 6.45) is 5.66. The Kier molecular flexibility index (Phi) is 19.5.